The molecule has 0 bridgehead atoms. The van der Waals surface area contributed by atoms with E-state index in [9.17, 15) is 4.79 Å². The highest BCUT2D eigenvalue weighted by atomic mass is 32.1. The maximum atomic E-state index is 12.4. The number of amides is 1. The Morgan fingerprint density at radius 3 is 2.96 bits per heavy atom. The van der Waals surface area contributed by atoms with Crippen LogP contribution in [-0.2, 0) is 9.47 Å². The summed E-state index contributed by atoms with van der Waals surface area (Å²) in [6.07, 6.45) is -0.401. The number of carbonyl (C=O) groups excluding carboxylic acids is 1. The van der Waals surface area contributed by atoms with Gasteiger partial charge in [0, 0.05) is 6.54 Å². The molecule has 0 saturated carbocycles. The van der Waals surface area contributed by atoms with Gasteiger partial charge in [0.2, 0.25) is 5.89 Å². The number of thiophene rings is 1. The maximum Gasteiger partial charge on any atom is 0.411 e. The van der Waals surface area contributed by atoms with Gasteiger partial charge in [0.05, 0.1) is 18.1 Å². The van der Waals surface area contributed by atoms with E-state index < -0.39 is 17.7 Å². The van der Waals surface area contributed by atoms with Gasteiger partial charge in [-0.2, -0.15) is 0 Å². The molecule has 1 aliphatic rings. The molecule has 1 aliphatic heterocycles. The summed E-state index contributed by atoms with van der Waals surface area (Å²) >= 11 is 1.52. The highest BCUT2D eigenvalue weighted by Crippen LogP contribution is 2.29. The number of carbonyl (C=O) groups is 1. The molecular weight excluding hydrogens is 318 g/mol. The number of nitrogens with zero attached hydrogens (tertiary/aromatic N) is 3. The molecule has 1 fully saturated rings. The second kappa shape index (κ2) is 6.29. The SMILES string of the molecule is CC(C)(C)OC(=O)N1CCOC[C@@H]1c1nnc(-c2cccs2)o1. The molecule has 2 aromatic rings. The minimum Gasteiger partial charge on any atom is -0.444 e. The van der Waals surface area contributed by atoms with E-state index in [1.807, 2.05) is 38.3 Å². The third kappa shape index (κ3) is 3.70. The average Bonchev–Trinajstić information content (AvgIpc) is 3.16. The lowest BCUT2D eigenvalue weighted by molar-refractivity contribution is -0.0389. The van der Waals surface area contributed by atoms with Crippen LogP contribution in [0.15, 0.2) is 21.9 Å². The topological polar surface area (TPSA) is 77.7 Å². The second-order valence-electron chi connectivity index (χ2n) is 6.19. The molecule has 1 atom stereocenters. The highest BCUT2D eigenvalue weighted by molar-refractivity contribution is 7.13. The molecule has 0 N–H and O–H groups in total. The molecule has 1 amide bonds. The molecule has 7 nitrogen and oxygen atoms in total. The van der Waals surface area contributed by atoms with Gasteiger partial charge in [-0.25, -0.2) is 4.79 Å². The van der Waals surface area contributed by atoms with E-state index in [4.69, 9.17) is 13.9 Å². The van der Waals surface area contributed by atoms with Crippen LogP contribution in [0.3, 0.4) is 0 Å². The molecule has 23 heavy (non-hydrogen) atoms. The summed E-state index contributed by atoms with van der Waals surface area (Å²) in [5, 5.41) is 10.1. The van der Waals surface area contributed by atoms with Crippen LogP contribution in [0, 0.1) is 0 Å². The molecule has 3 rings (SSSR count). The Hall–Kier alpha value is -1.93. The normalized spacial score (nSPS) is 18.9. The smallest absolute Gasteiger partial charge is 0.411 e. The first kappa shape index (κ1) is 15.9. The van der Waals surface area contributed by atoms with Crippen LogP contribution in [0.5, 0.6) is 0 Å². The summed E-state index contributed by atoms with van der Waals surface area (Å²) in [6.45, 7) is 6.70. The third-order valence-electron chi connectivity index (χ3n) is 3.21. The fourth-order valence-corrected chi connectivity index (χ4v) is 2.86. The zero-order valence-corrected chi connectivity index (χ0v) is 14.1. The Morgan fingerprint density at radius 2 is 2.26 bits per heavy atom. The number of hydrogen-bond donors (Lipinski definition) is 0. The van der Waals surface area contributed by atoms with Crippen LogP contribution >= 0.6 is 11.3 Å². The molecule has 124 valence electrons. The van der Waals surface area contributed by atoms with E-state index in [-0.39, 0.29) is 0 Å². The van der Waals surface area contributed by atoms with Gasteiger partial charge in [-0.05, 0) is 32.2 Å². The van der Waals surface area contributed by atoms with Crippen molar-refractivity contribution in [3.8, 4) is 10.8 Å². The number of hydrogen-bond acceptors (Lipinski definition) is 7. The minimum atomic E-state index is -0.559. The third-order valence-corrected chi connectivity index (χ3v) is 4.07. The highest BCUT2D eigenvalue weighted by Gasteiger charge is 2.35. The summed E-state index contributed by atoms with van der Waals surface area (Å²) in [5.41, 5.74) is -0.559. The molecule has 0 unspecified atom stereocenters. The summed E-state index contributed by atoms with van der Waals surface area (Å²) in [5.74, 6) is 0.809. The molecule has 0 radical (unpaired) electrons. The van der Waals surface area contributed by atoms with Gasteiger partial charge < -0.3 is 13.9 Å². The van der Waals surface area contributed by atoms with Crippen molar-refractivity contribution in [1.82, 2.24) is 15.1 Å². The van der Waals surface area contributed by atoms with Crippen molar-refractivity contribution in [2.24, 2.45) is 0 Å². The fourth-order valence-electron chi connectivity index (χ4n) is 2.22. The first-order valence-corrected chi connectivity index (χ1v) is 8.26. The summed E-state index contributed by atoms with van der Waals surface area (Å²) in [6, 6.07) is 3.39. The van der Waals surface area contributed by atoms with Gasteiger partial charge in [-0.1, -0.05) is 6.07 Å². The number of aromatic nitrogens is 2. The van der Waals surface area contributed by atoms with Gasteiger partial charge in [0.15, 0.2) is 0 Å². The Bertz CT molecular complexity index is 663. The standard InChI is InChI=1S/C15H19N3O4S/c1-15(2,3)22-14(19)18-6-7-20-9-10(18)12-16-17-13(21-12)11-5-4-8-23-11/h4-5,8,10H,6-7,9H2,1-3H3/t10-/m1/s1. The minimum absolute atomic E-state index is 0.311. The molecular formula is C15H19N3O4S. The second-order valence-corrected chi connectivity index (χ2v) is 7.13. The first-order valence-electron chi connectivity index (χ1n) is 7.39. The van der Waals surface area contributed by atoms with E-state index in [0.717, 1.165) is 4.88 Å². The number of morpholine rings is 1. The van der Waals surface area contributed by atoms with Crippen molar-refractivity contribution >= 4 is 17.4 Å². The predicted octanol–water partition coefficient (Wildman–Crippen LogP) is 3.11. The van der Waals surface area contributed by atoms with Gasteiger partial charge >= 0.3 is 6.09 Å². The van der Waals surface area contributed by atoms with Crippen LogP contribution in [0.25, 0.3) is 10.8 Å². The number of rotatable bonds is 2. The largest absolute Gasteiger partial charge is 0.444 e. The van der Waals surface area contributed by atoms with Gasteiger partial charge in [0.25, 0.3) is 5.89 Å². The molecule has 2 aromatic heterocycles. The van der Waals surface area contributed by atoms with Crippen molar-refractivity contribution in [2.75, 3.05) is 19.8 Å². The fraction of sp³-hybridized carbons (Fsp3) is 0.533. The Labute approximate surface area is 138 Å². The molecule has 0 aromatic carbocycles. The molecule has 0 aliphatic carbocycles. The van der Waals surface area contributed by atoms with E-state index in [1.165, 1.54) is 11.3 Å². The van der Waals surface area contributed by atoms with E-state index in [0.29, 0.717) is 31.5 Å². The molecule has 3 heterocycles. The van der Waals surface area contributed by atoms with Crippen molar-refractivity contribution in [3.05, 3.63) is 23.4 Å². The van der Waals surface area contributed by atoms with Crippen LogP contribution < -0.4 is 0 Å². The summed E-state index contributed by atoms with van der Waals surface area (Å²) in [7, 11) is 0. The summed E-state index contributed by atoms with van der Waals surface area (Å²) < 4.78 is 16.7. The Balaban J connectivity index is 1.80. The predicted molar refractivity (Wildman–Crippen MR) is 84.1 cm³/mol. The lowest BCUT2D eigenvalue weighted by Gasteiger charge is -2.34. The quantitative estimate of drug-likeness (QED) is 0.838. The lowest BCUT2D eigenvalue weighted by Crippen LogP contribution is -2.45. The zero-order valence-electron chi connectivity index (χ0n) is 13.3. The Kier molecular flexibility index (Phi) is 4.36. The zero-order chi connectivity index (χ0) is 16.4. The lowest BCUT2D eigenvalue weighted by atomic mass is 10.2. The van der Waals surface area contributed by atoms with Crippen molar-refractivity contribution < 1.29 is 18.7 Å². The van der Waals surface area contributed by atoms with Crippen molar-refractivity contribution in [3.63, 3.8) is 0 Å². The first-order chi connectivity index (χ1) is 10.9. The van der Waals surface area contributed by atoms with Gasteiger partial charge in [0.1, 0.15) is 11.6 Å². The van der Waals surface area contributed by atoms with E-state index >= 15 is 0 Å². The van der Waals surface area contributed by atoms with Gasteiger partial charge in [-0.3, -0.25) is 4.90 Å². The Morgan fingerprint density at radius 1 is 1.43 bits per heavy atom. The maximum absolute atomic E-state index is 12.4. The summed E-state index contributed by atoms with van der Waals surface area (Å²) in [4.78, 5) is 14.9. The number of ether oxygens (including phenoxy) is 2. The van der Waals surface area contributed by atoms with E-state index in [1.54, 1.807) is 4.90 Å². The van der Waals surface area contributed by atoms with Crippen LogP contribution in [0.1, 0.15) is 32.7 Å². The molecule has 8 heteroatoms. The van der Waals surface area contributed by atoms with Crippen LogP contribution in [0.2, 0.25) is 0 Å². The molecule has 1 saturated heterocycles. The molecule has 0 spiro atoms. The van der Waals surface area contributed by atoms with E-state index in [2.05, 4.69) is 10.2 Å². The monoisotopic (exact) mass is 337 g/mol. The van der Waals surface area contributed by atoms with Crippen LogP contribution in [0.4, 0.5) is 4.79 Å². The van der Waals surface area contributed by atoms with Crippen LogP contribution in [-0.4, -0.2) is 46.6 Å². The van der Waals surface area contributed by atoms with Crippen molar-refractivity contribution in [1.29, 1.82) is 0 Å². The van der Waals surface area contributed by atoms with Crippen molar-refractivity contribution in [2.45, 2.75) is 32.4 Å². The average molecular weight is 337 g/mol. The van der Waals surface area contributed by atoms with Gasteiger partial charge in [-0.15, -0.1) is 21.5 Å².